The molecule has 0 amide bonds. The van der Waals surface area contributed by atoms with Crippen molar-refractivity contribution in [3.05, 3.63) is 77.6 Å². The number of fused-ring (bicyclic) bond motifs is 1. The molecule has 2 unspecified atom stereocenters. The first-order valence-corrected chi connectivity index (χ1v) is 11.3. The van der Waals surface area contributed by atoms with Gasteiger partial charge < -0.3 is 10.1 Å². The second-order valence-corrected chi connectivity index (χ2v) is 8.61. The number of nitrogens with one attached hydrogen (secondary N) is 1. The molecule has 30 heavy (non-hydrogen) atoms. The number of aryl methyl sites for hydroxylation is 1. The highest BCUT2D eigenvalue weighted by Gasteiger charge is 2.24. The lowest BCUT2D eigenvalue weighted by Gasteiger charge is -2.28. The number of para-hydroxylation sites is 1. The Morgan fingerprint density at radius 1 is 1.07 bits per heavy atom. The lowest BCUT2D eigenvalue weighted by atomic mass is 9.91. The van der Waals surface area contributed by atoms with Crippen LogP contribution < -0.4 is 10.1 Å². The monoisotopic (exact) mass is 403 g/mol. The van der Waals surface area contributed by atoms with Gasteiger partial charge >= 0.3 is 0 Å². The van der Waals surface area contributed by atoms with E-state index in [4.69, 9.17) is 9.84 Å². The van der Waals surface area contributed by atoms with Gasteiger partial charge in [-0.25, -0.2) is 0 Å². The molecular formula is C26H33N3O. The Hall–Kier alpha value is -2.59. The van der Waals surface area contributed by atoms with Crippen LogP contribution in [-0.4, -0.2) is 15.8 Å². The van der Waals surface area contributed by atoms with Crippen LogP contribution >= 0.6 is 0 Å². The number of ether oxygens (including phenoxy) is 1. The molecule has 0 aliphatic heterocycles. The topological polar surface area (TPSA) is 39.1 Å². The zero-order valence-electron chi connectivity index (χ0n) is 18.3. The Labute approximate surface area is 180 Å². The highest BCUT2D eigenvalue weighted by Crippen LogP contribution is 2.28. The van der Waals surface area contributed by atoms with Crippen LogP contribution in [0.4, 0.5) is 0 Å². The first-order chi connectivity index (χ1) is 14.6. The maximum Gasteiger partial charge on any atom is 0.127 e. The van der Waals surface area contributed by atoms with Crippen molar-refractivity contribution >= 4 is 0 Å². The molecule has 1 aliphatic rings. The van der Waals surface area contributed by atoms with E-state index in [1.807, 2.05) is 30.3 Å². The van der Waals surface area contributed by atoms with Crippen molar-refractivity contribution in [2.24, 2.45) is 0 Å². The molecule has 4 rings (SSSR count). The first-order valence-electron chi connectivity index (χ1n) is 11.3. The standard InChI is InChI=1S/C26H33N3O/c1-4-8-25(20-12-15-24(16-13-20)30-23-9-6-5-7-10-23)27-22-14-11-21-18-29(19(2)3)28-26(21)17-22/h5-7,9-10,12-13,15-16,18-19,22,25,27H,4,8,11,14,17H2,1-3H3. The Morgan fingerprint density at radius 2 is 1.80 bits per heavy atom. The van der Waals surface area contributed by atoms with Gasteiger partial charge in [-0.1, -0.05) is 43.7 Å². The molecule has 1 aromatic heterocycles. The van der Waals surface area contributed by atoms with E-state index in [-0.39, 0.29) is 0 Å². The fraction of sp³-hybridized carbons (Fsp3) is 0.423. The maximum absolute atomic E-state index is 5.95. The summed E-state index contributed by atoms with van der Waals surface area (Å²) in [6, 6.07) is 19.8. The van der Waals surface area contributed by atoms with Crippen molar-refractivity contribution < 1.29 is 4.74 Å². The van der Waals surface area contributed by atoms with E-state index in [0.29, 0.717) is 18.1 Å². The summed E-state index contributed by atoms with van der Waals surface area (Å²) in [4.78, 5) is 0. The third-order valence-electron chi connectivity index (χ3n) is 5.90. The van der Waals surface area contributed by atoms with Gasteiger partial charge in [0.1, 0.15) is 11.5 Å². The summed E-state index contributed by atoms with van der Waals surface area (Å²) in [5, 5.41) is 8.77. The summed E-state index contributed by atoms with van der Waals surface area (Å²) in [5.74, 6) is 1.74. The number of benzene rings is 2. The Kier molecular flexibility index (Phi) is 6.53. The van der Waals surface area contributed by atoms with Crippen LogP contribution in [0.1, 0.15) is 68.9 Å². The second kappa shape index (κ2) is 9.48. The summed E-state index contributed by atoms with van der Waals surface area (Å²) >= 11 is 0. The molecule has 0 fully saturated rings. The molecule has 0 spiro atoms. The minimum absolute atomic E-state index is 0.361. The van der Waals surface area contributed by atoms with Crippen molar-refractivity contribution in [1.29, 1.82) is 0 Å². The summed E-state index contributed by atoms with van der Waals surface area (Å²) in [6.45, 7) is 6.64. The first kappa shape index (κ1) is 20.7. The number of rotatable bonds is 8. The molecule has 0 radical (unpaired) electrons. The fourth-order valence-electron chi connectivity index (χ4n) is 4.23. The lowest BCUT2D eigenvalue weighted by Crippen LogP contribution is -2.37. The number of hydrogen-bond donors (Lipinski definition) is 1. The van der Waals surface area contributed by atoms with Crippen LogP contribution in [0.15, 0.2) is 60.8 Å². The summed E-state index contributed by atoms with van der Waals surface area (Å²) in [5.41, 5.74) is 4.03. The predicted octanol–water partition coefficient (Wildman–Crippen LogP) is 6.24. The molecule has 1 N–H and O–H groups in total. The smallest absolute Gasteiger partial charge is 0.127 e. The third kappa shape index (κ3) is 4.93. The van der Waals surface area contributed by atoms with Crippen molar-refractivity contribution in [3.63, 3.8) is 0 Å². The highest BCUT2D eigenvalue weighted by atomic mass is 16.5. The van der Waals surface area contributed by atoms with Crippen LogP contribution in [0.25, 0.3) is 0 Å². The van der Waals surface area contributed by atoms with Gasteiger partial charge in [0.25, 0.3) is 0 Å². The fourth-order valence-corrected chi connectivity index (χ4v) is 4.23. The minimum atomic E-state index is 0.361. The maximum atomic E-state index is 5.95. The zero-order valence-corrected chi connectivity index (χ0v) is 18.3. The van der Waals surface area contributed by atoms with Crippen molar-refractivity contribution in [2.75, 3.05) is 0 Å². The SMILES string of the molecule is CCCC(NC1CCc2cn(C(C)C)nc2C1)c1ccc(Oc2ccccc2)cc1. The molecular weight excluding hydrogens is 370 g/mol. The summed E-state index contributed by atoms with van der Waals surface area (Å²) in [7, 11) is 0. The van der Waals surface area contributed by atoms with E-state index in [0.717, 1.165) is 37.2 Å². The number of nitrogens with zero attached hydrogens (tertiary/aromatic N) is 2. The molecule has 0 saturated heterocycles. The molecule has 158 valence electrons. The van der Waals surface area contributed by atoms with Gasteiger partial charge in [-0.05, 0) is 68.5 Å². The molecule has 1 heterocycles. The van der Waals surface area contributed by atoms with Crippen LogP contribution in [0.5, 0.6) is 11.5 Å². The molecule has 4 heteroatoms. The van der Waals surface area contributed by atoms with Gasteiger partial charge in [0.2, 0.25) is 0 Å². The quantitative estimate of drug-likeness (QED) is 0.483. The normalized spacial score (nSPS) is 17.0. The summed E-state index contributed by atoms with van der Waals surface area (Å²) in [6.07, 6.45) is 7.83. The largest absolute Gasteiger partial charge is 0.457 e. The molecule has 0 bridgehead atoms. The molecule has 2 aromatic carbocycles. The highest BCUT2D eigenvalue weighted by molar-refractivity contribution is 5.34. The average molecular weight is 404 g/mol. The van der Waals surface area contributed by atoms with Crippen molar-refractivity contribution in [2.45, 2.75) is 71.0 Å². The van der Waals surface area contributed by atoms with Gasteiger partial charge in [-0.2, -0.15) is 5.10 Å². The number of aromatic nitrogens is 2. The van der Waals surface area contributed by atoms with Crippen LogP contribution in [0.3, 0.4) is 0 Å². The minimum Gasteiger partial charge on any atom is -0.457 e. The molecule has 1 aliphatic carbocycles. The van der Waals surface area contributed by atoms with Gasteiger partial charge in [0.15, 0.2) is 0 Å². The Balaban J connectivity index is 1.42. The second-order valence-electron chi connectivity index (χ2n) is 8.61. The van der Waals surface area contributed by atoms with Crippen molar-refractivity contribution in [3.8, 4) is 11.5 Å². The van der Waals surface area contributed by atoms with E-state index < -0.39 is 0 Å². The van der Waals surface area contributed by atoms with Crippen LogP contribution in [-0.2, 0) is 12.8 Å². The molecule has 4 nitrogen and oxygen atoms in total. The Morgan fingerprint density at radius 3 is 2.50 bits per heavy atom. The van der Waals surface area contributed by atoms with Crippen molar-refractivity contribution in [1.82, 2.24) is 15.1 Å². The average Bonchev–Trinajstić information content (AvgIpc) is 3.19. The van der Waals surface area contributed by atoms with Gasteiger partial charge in [0, 0.05) is 30.7 Å². The van der Waals surface area contributed by atoms with E-state index in [1.54, 1.807) is 0 Å². The van der Waals surface area contributed by atoms with Crippen LogP contribution in [0, 0.1) is 0 Å². The lowest BCUT2D eigenvalue weighted by molar-refractivity contribution is 0.379. The molecule has 0 saturated carbocycles. The Bertz CT molecular complexity index is 931. The summed E-state index contributed by atoms with van der Waals surface area (Å²) < 4.78 is 8.07. The molecule has 2 atom stereocenters. The van der Waals surface area contributed by atoms with Gasteiger partial charge in [-0.15, -0.1) is 0 Å². The third-order valence-corrected chi connectivity index (χ3v) is 5.90. The van der Waals surface area contributed by atoms with Crippen LogP contribution in [0.2, 0.25) is 0 Å². The van der Waals surface area contributed by atoms with Gasteiger partial charge in [-0.3, -0.25) is 4.68 Å². The van der Waals surface area contributed by atoms with E-state index in [9.17, 15) is 0 Å². The van der Waals surface area contributed by atoms with Gasteiger partial charge in [0.05, 0.1) is 5.69 Å². The van der Waals surface area contributed by atoms with E-state index in [1.165, 1.54) is 23.2 Å². The van der Waals surface area contributed by atoms with E-state index >= 15 is 0 Å². The number of hydrogen-bond acceptors (Lipinski definition) is 3. The molecule has 3 aromatic rings. The predicted molar refractivity (Wildman–Crippen MR) is 122 cm³/mol. The zero-order chi connectivity index (χ0) is 20.9. The van der Waals surface area contributed by atoms with E-state index in [2.05, 4.69) is 61.2 Å².